The second-order valence-electron chi connectivity index (χ2n) is 6.55. The molecule has 0 saturated heterocycles. The van der Waals surface area contributed by atoms with Crippen LogP contribution in [0.15, 0.2) is 54.9 Å². The lowest BCUT2D eigenvalue weighted by atomic mass is 10.2. The number of nitro benzene ring substituents is 1. The van der Waals surface area contributed by atoms with Crippen LogP contribution in [0.4, 0.5) is 11.4 Å². The predicted molar refractivity (Wildman–Crippen MR) is 105 cm³/mol. The van der Waals surface area contributed by atoms with Gasteiger partial charge in [-0.15, -0.1) is 0 Å². The summed E-state index contributed by atoms with van der Waals surface area (Å²) in [4.78, 5) is 23.3. The number of aromatic nitrogens is 2. The minimum Gasteiger partial charge on any atom is -0.457 e. The average Bonchev–Trinajstić information content (AvgIpc) is 3.07. The maximum atomic E-state index is 12.5. The minimum absolute atomic E-state index is 0.178. The third-order valence-electron chi connectivity index (χ3n) is 4.10. The molecule has 0 radical (unpaired) electrons. The number of carbonyl (C=O) groups is 1. The molecular formula is C20H20N4O4. The third kappa shape index (κ3) is 4.53. The maximum absolute atomic E-state index is 12.5. The monoisotopic (exact) mass is 380 g/mol. The Balaban J connectivity index is 1.84. The van der Waals surface area contributed by atoms with Crippen LogP contribution in [0.2, 0.25) is 0 Å². The summed E-state index contributed by atoms with van der Waals surface area (Å²) in [6.07, 6.45) is 3.41. The van der Waals surface area contributed by atoms with Crippen LogP contribution < -0.4 is 10.1 Å². The van der Waals surface area contributed by atoms with Gasteiger partial charge in [-0.05, 0) is 44.0 Å². The van der Waals surface area contributed by atoms with Crippen LogP contribution in [0.1, 0.15) is 24.1 Å². The number of aryl methyl sites for hydroxylation is 2. The standard InChI is InChI=1S/C20H20N4O4/c1-13-5-4-6-18(7-13)28-19-9-16(8-17(10-19)24(26)27)22-20(25)15(3)23-12-14(2)11-21-23/h4-12,15H,1-3H3,(H,22,25). The molecule has 0 bridgehead atoms. The van der Waals surface area contributed by atoms with Gasteiger partial charge in [0.05, 0.1) is 22.9 Å². The summed E-state index contributed by atoms with van der Waals surface area (Å²) in [5.74, 6) is 0.473. The first-order valence-electron chi connectivity index (χ1n) is 8.67. The first kappa shape index (κ1) is 19.1. The number of rotatable bonds is 6. The fraction of sp³-hybridized carbons (Fsp3) is 0.200. The van der Waals surface area contributed by atoms with Gasteiger partial charge >= 0.3 is 0 Å². The zero-order valence-electron chi connectivity index (χ0n) is 15.7. The first-order valence-corrected chi connectivity index (χ1v) is 8.67. The van der Waals surface area contributed by atoms with E-state index in [-0.39, 0.29) is 23.0 Å². The van der Waals surface area contributed by atoms with Gasteiger partial charge in [0, 0.05) is 18.3 Å². The number of non-ortho nitro benzene ring substituents is 1. The van der Waals surface area contributed by atoms with Crippen molar-refractivity contribution in [2.75, 3.05) is 5.32 Å². The number of nitrogens with zero attached hydrogens (tertiary/aromatic N) is 3. The molecule has 1 amide bonds. The Morgan fingerprint density at radius 2 is 1.96 bits per heavy atom. The van der Waals surface area contributed by atoms with Crippen LogP contribution in [0, 0.1) is 24.0 Å². The SMILES string of the molecule is Cc1cccc(Oc2cc(NC(=O)C(C)n3cc(C)cn3)cc([N+](=O)[O-])c2)c1. The van der Waals surface area contributed by atoms with Crippen molar-refractivity contribution < 1.29 is 14.5 Å². The van der Waals surface area contributed by atoms with Crippen molar-refractivity contribution in [2.24, 2.45) is 0 Å². The number of ether oxygens (including phenoxy) is 1. The lowest BCUT2D eigenvalue weighted by molar-refractivity contribution is -0.384. The largest absolute Gasteiger partial charge is 0.457 e. The summed E-state index contributed by atoms with van der Waals surface area (Å²) < 4.78 is 7.28. The van der Waals surface area contributed by atoms with E-state index in [4.69, 9.17) is 4.74 Å². The highest BCUT2D eigenvalue weighted by Crippen LogP contribution is 2.30. The van der Waals surface area contributed by atoms with E-state index in [0.29, 0.717) is 5.75 Å². The van der Waals surface area contributed by atoms with Crippen LogP contribution in [0.25, 0.3) is 0 Å². The molecule has 8 heteroatoms. The summed E-state index contributed by atoms with van der Waals surface area (Å²) in [6.45, 7) is 5.50. The Labute approximate surface area is 161 Å². The summed E-state index contributed by atoms with van der Waals surface area (Å²) >= 11 is 0. The lowest BCUT2D eigenvalue weighted by Crippen LogP contribution is -2.24. The van der Waals surface area contributed by atoms with Gasteiger partial charge in [-0.1, -0.05) is 12.1 Å². The van der Waals surface area contributed by atoms with Gasteiger partial charge in [-0.25, -0.2) is 0 Å². The van der Waals surface area contributed by atoms with Crippen molar-refractivity contribution in [3.05, 3.63) is 76.1 Å². The highest BCUT2D eigenvalue weighted by molar-refractivity contribution is 5.94. The molecule has 1 atom stereocenters. The predicted octanol–water partition coefficient (Wildman–Crippen LogP) is 4.40. The minimum atomic E-state index is -0.575. The molecule has 3 aromatic rings. The van der Waals surface area contributed by atoms with E-state index in [9.17, 15) is 14.9 Å². The lowest BCUT2D eigenvalue weighted by Gasteiger charge is -2.14. The molecule has 1 aromatic heterocycles. The number of hydrogen-bond acceptors (Lipinski definition) is 5. The van der Waals surface area contributed by atoms with Crippen LogP contribution in [0.5, 0.6) is 11.5 Å². The number of nitrogens with one attached hydrogen (secondary N) is 1. The summed E-state index contributed by atoms with van der Waals surface area (Å²) in [5, 5.41) is 18.1. The van der Waals surface area contributed by atoms with E-state index in [1.807, 2.05) is 32.0 Å². The van der Waals surface area contributed by atoms with E-state index >= 15 is 0 Å². The number of benzene rings is 2. The topological polar surface area (TPSA) is 99.3 Å². The molecule has 1 heterocycles. The molecule has 28 heavy (non-hydrogen) atoms. The zero-order valence-corrected chi connectivity index (χ0v) is 15.7. The molecule has 0 aliphatic rings. The normalized spacial score (nSPS) is 11.7. The van der Waals surface area contributed by atoms with E-state index in [1.54, 1.807) is 31.5 Å². The van der Waals surface area contributed by atoms with Crippen LogP contribution in [-0.4, -0.2) is 20.6 Å². The van der Waals surface area contributed by atoms with Crippen molar-refractivity contribution in [3.63, 3.8) is 0 Å². The Morgan fingerprint density at radius 1 is 1.18 bits per heavy atom. The fourth-order valence-electron chi connectivity index (χ4n) is 2.65. The Morgan fingerprint density at radius 3 is 2.61 bits per heavy atom. The van der Waals surface area contributed by atoms with E-state index < -0.39 is 11.0 Å². The van der Waals surface area contributed by atoms with E-state index in [1.165, 1.54) is 16.8 Å². The smallest absolute Gasteiger partial charge is 0.275 e. The summed E-state index contributed by atoms with van der Waals surface area (Å²) in [7, 11) is 0. The van der Waals surface area contributed by atoms with Crippen molar-refractivity contribution >= 4 is 17.3 Å². The molecular weight excluding hydrogens is 360 g/mol. The Kier molecular flexibility index (Phi) is 5.39. The van der Waals surface area contributed by atoms with E-state index in [0.717, 1.165) is 11.1 Å². The molecule has 0 aliphatic carbocycles. The Hall–Kier alpha value is -3.68. The molecule has 0 aliphatic heterocycles. The van der Waals surface area contributed by atoms with Gasteiger partial charge in [-0.3, -0.25) is 19.6 Å². The van der Waals surface area contributed by atoms with Crippen LogP contribution in [-0.2, 0) is 4.79 Å². The number of nitro groups is 1. The molecule has 3 rings (SSSR count). The van der Waals surface area contributed by atoms with Crippen molar-refractivity contribution in [3.8, 4) is 11.5 Å². The average molecular weight is 380 g/mol. The number of anilines is 1. The van der Waals surface area contributed by atoms with Gasteiger partial charge in [0.1, 0.15) is 17.5 Å². The van der Waals surface area contributed by atoms with Gasteiger partial charge in [0.2, 0.25) is 5.91 Å². The third-order valence-corrected chi connectivity index (χ3v) is 4.10. The fourth-order valence-corrected chi connectivity index (χ4v) is 2.65. The van der Waals surface area contributed by atoms with Gasteiger partial charge in [-0.2, -0.15) is 5.10 Å². The summed E-state index contributed by atoms with van der Waals surface area (Å²) in [5.41, 5.74) is 2.03. The molecule has 1 N–H and O–H groups in total. The van der Waals surface area contributed by atoms with Crippen LogP contribution >= 0.6 is 0 Å². The number of hydrogen-bond donors (Lipinski definition) is 1. The molecule has 0 saturated carbocycles. The molecule has 0 spiro atoms. The number of carbonyl (C=O) groups excluding carboxylic acids is 1. The van der Waals surface area contributed by atoms with Gasteiger partial charge < -0.3 is 10.1 Å². The second-order valence-corrected chi connectivity index (χ2v) is 6.55. The molecule has 1 unspecified atom stereocenters. The zero-order chi connectivity index (χ0) is 20.3. The molecule has 0 fully saturated rings. The highest BCUT2D eigenvalue weighted by Gasteiger charge is 2.18. The van der Waals surface area contributed by atoms with Gasteiger partial charge in [0.15, 0.2) is 0 Å². The molecule has 144 valence electrons. The summed E-state index contributed by atoms with van der Waals surface area (Å²) in [6, 6.07) is 10.9. The van der Waals surface area contributed by atoms with Crippen molar-refractivity contribution in [1.29, 1.82) is 0 Å². The maximum Gasteiger partial charge on any atom is 0.275 e. The highest BCUT2D eigenvalue weighted by atomic mass is 16.6. The number of amides is 1. The molecule has 8 nitrogen and oxygen atoms in total. The molecule has 2 aromatic carbocycles. The second kappa shape index (κ2) is 7.91. The van der Waals surface area contributed by atoms with E-state index in [2.05, 4.69) is 10.4 Å². The quantitative estimate of drug-likeness (QED) is 0.505. The van der Waals surface area contributed by atoms with Crippen molar-refractivity contribution in [1.82, 2.24) is 9.78 Å². The first-order chi connectivity index (χ1) is 13.3. The van der Waals surface area contributed by atoms with Crippen molar-refractivity contribution in [2.45, 2.75) is 26.8 Å². The Bertz CT molecular complexity index is 1030. The van der Waals surface area contributed by atoms with Crippen LogP contribution in [0.3, 0.4) is 0 Å². The van der Waals surface area contributed by atoms with Gasteiger partial charge in [0.25, 0.3) is 5.69 Å².